The van der Waals surface area contributed by atoms with Gasteiger partial charge >= 0.3 is 5.97 Å². The predicted octanol–water partition coefficient (Wildman–Crippen LogP) is 2.66. The van der Waals surface area contributed by atoms with E-state index in [0.717, 1.165) is 0 Å². The molecule has 1 aliphatic heterocycles. The Bertz CT molecular complexity index is 868. The van der Waals surface area contributed by atoms with E-state index >= 15 is 0 Å². The fourth-order valence-corrected chi connectivity index (χ4v) is 2.78. The van der Waals surface area contributed by atoms with Crippen LogP contribution in [0.2, 0.25) is 0 Å². The third-order valence-electron chi connectivity index (χ3n) is 4.10. The molecule has 0 unspecified atom stereocenters. The number of carbonyl (C=O) groups is 1. The summed E-state index contributed by atoms with van der Waals surface area (Å²) in [5, 5.41) is 9.90. The first-order chi connectivity index (χ1) is 11.4. The van der Waals surface area contributed by atoms with Crippen LogP contribution in [0.4, 0.5) is 0 Å². The van der Waals surface area contributed by atoms with Gasteiger partial charge in [0, 0.05) is 23.9 Å². The molecule has 1 atom stereocenters. The van der Waals surface area contributed by atoms with Gasteiger partial charge in [-0.2, -0.15) is 0 Å². The van der Waals surface area contributed by atoms with Gasteiger partial charge in [-0.05, 0) is 32.4 Å². The number of rotatable bonds is 2. The van der Waals surface area contributed by atoms with Crippen LogP contribution in [0.5, 0.6) is 11.5 Å². The summed E-state index contributed by atoms with van der Waals surface area (Å²) in [6, 6.07) is 4.66. The number of aromatic nitrogens is 1. The molecule has 0 saturated carbocycles. The third-order valence-corrected chi connectivity index (χ3v) is 4.10. The fourth-order valence-electron chi connectivity index (χ4n) is 2.78. The summed E-state index contributed by atoms with van der Waals surface area (Å²) in [4.78, 5) is 24.4. The maximum Gasteiger partial charge on any atom is 0.343 e. The molecule has 0 aliphatic carbocycles. The molecule has 0 amide bonds. The minimum absolute atomic E-state index is 0.00593. The van der Waals surface area contributed by atoms with Crippen molar-refractivity contribution in [1.82, 2.24) is 4.57 Å². The van der Waals surface area contributed by atoms with E-state index in [1.54, 1.807) is 26.0 Å². The highest BCUT2D eigenvalue weighted by molar-refractivity contribution is 5.89. The van der Waals surface area contributed by atoms with Crippen molar-refractivity contribution in [3.05, 3.63) is 45.7 Å². The molecule has 0 fully saturated rings. The standard InChI is InChI=1S/C18H19NO5/c1-4-23-18(22)13-8-19-11(3)9-24-17-7-15(20)10(2)5-12(17)14(19)6-16(13)21/h5-8,11,20H,4,9H2,1-3H3/t11-/m1/s1. The van der Waals surface area contributed by atoms with Crippen molar-refractivity contribution in [2.24, 2.45) is 0 Å². The summed E-state index contributed by atoms with van der Waals surface area (Å²) in [5.41, 5.74) is 1.65. The van der Waals surface area contributed by atoms with Gasteiger partial charge in [0.25, 0.3) is 0 Å². The van der Waals surface area contributed by atoms with Gasteiger partial charge in [0.2, 0.25) is 0 Å². The lowest BCUT2D eigenvalue weighted by Crippen LogP contribution is -2.22. The lowest BCUT2D eigenvalue weighted by Gasteiger charge is -2.17. The number of fused-ring (bicyclic) bond motifs is 3. The van der Waals surface area contributed by atoms with E-state index in [1.165, 1.54) is 12.3 Å². The predicted molar refractivity (Wildman–Crippen MR) is 88.7 cm³/mol. The van der Waals surface area contributed by atoms with Gasteiger partial charge in [0.1, 0.15) is 23.7 Å². The van der Waals surface area contributed by atoms with Gasteiger partial charge < -0.3 is 19.1 Å². The Morgan fingerprint density at radius 2 is 2.17 bits per heavy atom. The maximum atomic E-state index is 12.4. The van der Waals surface area contributed by atoms with Crippen molar-refractivity contribution < 1.29 is 19.4 Å². The third kappa shape index (κ3) is 2.64. The van der Waals surface area contributed by atoms with Crippen LogP contribution in [0.1, 0.15) is 35.8 Å². The number of aromatic hydroxyl groups is 1. The van der Waals surface area contributed by atoms with E-state index in [0.29, 0.717) is 29.2 Å². The van der Waals surface area contributed by atoms with Crippen molar-refractivity contribution >= 4 is 5.97 Å². The van der Waals surface area contributed by atoms with Crippen molar-refractivity contribution in [2.75, 3.05) is 13.2 Å². The van der Waals surface area contributed by atoms with E-state index in [2.05, 4.69) is 0 Å². The summed E-state index contributed by atoms with van der Waals surface area (Å²) >= 11 is 0. The topological polar surface area (TPSA) is 77.8 Å². The highest BCUT2D eigenvalue weighted by Crippen LogP contribution is 2.38. The molecular formula is C18H19NO5. The molecule has 1 N–H and O–H groups in total. The van der Waals surface area contributed by atoms with E-state index in [-0.39, 0.29) is 24.0 Å². The number of carbonyl (C=O) groups excluding carboxylic acids is 1. The number of esters is 1. The summed E-state index contributed by atoms with van der Waals surface area (Å²) in [6.45, 7) is 5.97. The Labute approximate surface area is 139 Å². The molecule has 0 bridgehead atoms. The molecular weight excluding hydrogens is 310 g/mol. The number of hydrogen-bond donors (Lipinski definition) is 1. The highest BCUT2D eigenvalue weighted by Gasteiger charge is 2.24. The molecule has 1 aromatic carbocycles. The van der Waals surface area contributed by atoms with Gasteiger partial charge in [-0.3, -0.25) is 4.79 Å². The summed E-state index contributed by atoms with van der Waals surface area (Å²) in [5.74, 6) is 0.0251. The molecule has 2 aromatic rings. The number of pyridine rings is 1. The van der Waals surface area contributed by atoms with Crippen LogP contribution in [0, 0.1) is 6.92 Å². The smallest absolute Gasteiger partial charge is 0.343 e. The molecule has 0 saturated heterocycles. The van der Waals surface area contributed by atoms with Crippen LogP contribution in [-0.4, -0.2) is 28.9 Å². The minimum atomic E-state index is -0.628. The maximum absolute atomic E-state index is 12.4. The van der Waals surface area contributed by atoms with Crippen LogP contribution in [0.15, 0.2) is 29.2 Å². The number of aryl methyl sites for hydroxylation is 1. The van der Waals surface area contributed by atoms with Gasteiger partial charge in [-0.1, -0.05) is 0 Å². The van der Waals surface area contributed by atoms with Crippen LogP contribution < -0.4 is 10.2 Å². The Hall–Kier alpha value is -2.76. The Morgan fingerprint density at radius 3 is 2.88 bits per heavy atom. The molecule has 0 spiro atoms. The quantitative estimate of drug-likeness (QED) is 0.857. The SMILES string of the molecule is CCOC(=O)c1cn2c(cc1=O)-c1cc(C)c(O)cc1OC[C@H]2C. The monoisotopic (exact) mass is 329 g/mol. The Balaban J connectivity index is 2.24. The molecule has 0 radical (unpaired) electrons. The van der Waals surface area contributed by atoms with Crippen molar-refractivity contribution in [3.8, 4) is 22.8 Å². The van der Waals surface area contributed by atoms with Crippen LogP contribution >= 0.6 is 0 Å². The van der Waals surface area contributed by atoms with E-state index < -0.39 is 11.4 Å². The second kappa shape index (κ2) is 6.03. The Kier molecular flexibility index (Phi) is 4.05. The van der Waals surface area contributed by atoms with Crippen molar-refractivity contribution in [2.45, 2.75) is 26.8 Å². The second-order valence-electron chi connectivity index (χ2n) is 5.86. The largest absolute Gasteiger partial charge is 0.508 e. The van der Waals surface area contributed by atoms with E-state index in [4.69, 9.17) is 9.47 Å². The Morgan fingerprint density at radius 1 is 1.42 bits per heavy atom. The van der Waals surface area contributed by atoms with Crippen LogP contribution in [-0.2, 0) is 4.74 Å². The molecule has 3 rings (SSSR count). The molecule has 2 heterocycles. The van der Waals surface area contributed by atoms with Crippen LogP contribution in [0.3, 0.4) is 0 Å². The zero-order valence-corrected chi connectivity index (χ0v) is 13.8. The number of hydrogen-bond acceptors (Lipinski definition) is 5. The minimum Gasteiger partial charge on any atom is -0.508 e. The zero-order chi connectivity index (χ0) is 17.4. The van der Waals surface area contributed by atoms with Gasteiger partial charge in [0.15, 0.2) is 5.43 Å². The van der Waals surface area contributed by atoms with E-state index in [9.17, 15) is 14.7 Å². The second-order valence-corrected chi connectivity index (χ2v) is 5.86. The van der Waals surface area contributed by atoms with Crippen molar-refractivity contribution in [1.29, 1.82) is 0 Å². The highest BCUT2D eigenvalue weighted by atomic mass is 16.5. The summed E-state index contributed by atoms with van der Waals surface area (Å²) in [7, 11) is 0. The first kappa shape index (κ1) is 16.1. The average molecular weight is 329 g/mol. The number of phenolic OH excluding ortho intramolecular Hbond substituents is 1. The zero-order valence-electron chi connectivity index (χ0n) is 13.8. The van der Waals surface area contributed by atoms with Gasteiger partial charge in [-0.15, -0.1) is 0 Å². The van der Waals surface area contributed by atoms with Crippen molar-refractivity contribution in [3.63, 3.8) is 0 Å². The molecule has 6 heteroatoms. The molecule has 24 heavy (non-hydrogen) atoms. The normalized spacial score (nSPS) is 15.7. The average Bonchev–Trinajstić information content (AvgIpc) is 2.66. The number of benzene rings is 1. The number of ether oxygens (including phenoxy) is 2. The molecule has 6 nitrogen and oxygen atoms in total. The lowest BCUT2D eigenvalue weighted by atomic mass is 10.0. The van der Waals surface area contributed by atoms with Gasteiger partial charge in [-0.25, -0.2) is 4.79 Å². The molecule has 1 aromatic heterocycles. The fraction of sp³-hybridized carbons (Fsp3) is 0.333. The van der Waals surface area contributed by atoms with Crippen LogP contribution in [0.25, 0.3) is 11.3 Å². The van der Waals surface area contributed by atoms with Gasteiger partial charge in [0.05, 0.1) is 18.3 Å². The number of nitrogens with zero attached hydrogens (tertiary/aromatic N) is 1. The number of phenols is 1. The van der Waals surface area contributed by atoms with E-state index in [1.807, 2.05) is 11.5 Å². The first-order valence-electron chi connectivity index (χ1n) is 7.82. The lowest BCUT2D eigenvalue weighted by molar-refractivity contribution is 0.0523. The summed E-state index contributed by atoms with van der Waals surface area (Å²) in [6.07, 6.45) is 1.53. The molecule has 126 valence electrons. The summed E-state index contributed by atoms with van der Waals surface area (Å²) < 4.78 is 12.6. The first-order valence-corrected chi connectivity index (χ1v) is 7.82. The molecule has 1 aliphatic rings.